The molecular formula is C34H40ClF3N2O2. The Morgan fingerprint density at radius 2 is 1.21 bits per heavy atom. The summed E-state index contributed by atoms with van der Waals surface area (Å²) in [6.45, 7) is 3.86. The standard InChI is InChI=1S/C17H21NO.C10H15NO.C7H4ClF3/c1-14-8-10-16(11-9-14)19-17(12-13-18-2)15-6-4-3-5-7-15;1-11-8-7-10(12)9-5-3-2-4-6-9;8-6-3-1-5(2-4-6)7(9,10)11/h3-11,17-18H,12-13H2,1-2H3;2-6,10-12H,7-8H2,1H3;1-4H. The smallest absolute Gasteiger partial charge is 0.416 e. The first kappa shape index (κ1) is 34.8. The Labute approximate surface area is 252 Å². The van der Waals surface area contributed by atoms with Gasteiger partial charge in [-0.2, -0.15) is 13.2 Å². The Balaban J connectivity index is 0.000000233. The quantitative estimate of drug-likeness (QED) is 0.171. The molecule has 0 aliphatic rings. The zero-order chi connectivity index (χ0) is 30.8. The van der Waals surface area contributed by atoms with Crippen molar-refractivity contribution in [3.05, 3.63) is 136 Å². The average molecular weight is 601 g/mol. The molecule has 42 heavy (non-hydrogen) atoms. The van der Waals surface area contributed by atoms with E-state index in [4.69, 9.17) is 16.3 Å². The first-order valence-electron chi connectivity index (χ1n) is 13.8. The van der Waals surface area contributed by atoms with Gasteiger partial charge in [0.05, 0.1) is 11.7 Å². The highest BCUT2D eigenvalue weighted by Gasteiger charge is 2.29. The summed E-state index contributed by atoms with van der Waals surface area (Å²) in [4.78, 5) is 0. The number of nitrogens with one attached hydrogen (secondary N) is 2. The second-order valence-electron chi connectivity index (χ2n) is 9.55. The summed E-state index contributed by atoms with van der Waals surface area (Å²) >= 11 is 5.39. The van der Waals surface area contributed by atoms with Gasteiger partial charge < -0.3 is 20.5 Å². The first-order chi connectivity index (χ1) is 20.1. The van der Waals surface area contributed by atoms with Crippen LogP contribution in [0.1, 0.15) is 47.3 Å². The van der Waals surface area contributed by atoms with Crippen LogP contribution >= 0.6 is 11.6 Å². The normalized spacial score (nSPS) is 12.2. The number of rotatable bonds is 10. The molecule has 0 heterocycles. The molecule has 0 saturated heterocycles. The fourth-order valence-corrected chi connectivity index (χ4v) is 3.91. The van der Waals surface area contributed by atoms with Gasteiger partial charge in [-0.15, -0.1) is 0 Å². The van der Waals surface area contributed by atoms with Gasteiger partial charge >= 0.3 is 6.18 Å². The van der Waals surface area contributed by atoms with Crippen molar-refractivity contribution in [1.82, 2.24) is 10.6 Å². The van der Waals surface area contributed by atoms with Crippen LogP contribution in [0.25, 0.3) is 0 Å². The third kappa shape index (κ3) is 13.5. The zero-order valence-corrected chi connectivity index (χ0v) is 25.0. The van der Waals surface area contributed by atoms with E-state index in [0.29, 0.717) is 5.02 Å². The monoisotopic (exact) mass is 600 g/mol. The maximum Gasteiger partial charge on any atom is 0.416 e. The summed E-state index contributed by atoms with van der Waals surface area (Å²) in [5.74, 6) is 0.926. The van der Waals surface area contributed by atoms with Crippen molar-refractivity contribution in [2.75, 3.05) is 27.2 Å². The van der Waals surface area contributed by atoms with Crippen LogP contribution in [-0.2, 0) is 6.18 Å². The van der Waals surface area contributed by atoms with Crippen LogP contribution in [-0.4, -0.2) is 32.3 Å². The molecule has 0 radical (unpaired) electrons. The van der Waals surface area contributed by atoms with Crippen LogP contribution in [0, 0.1) is 6.92 Å². The van der Waals surface area contributed by atoms with Crippen LogP contribution in [0.2, 0.25) is 5.02 Å². The van der Waals surface area contributed by atoms with Gasteiger partial charge in [0.2, 0.25) is 0 Å². The predicted octanol–water partition coefficient (Wildman–Crippen LogP) is 8.41. The molecule has 3 N–H and O–H groups in total. The molecule has 0 amide bonds. The van der Waals surface area contributed by atoms with Crippen molar-refractivity contribution in [2.45, 2.75) is 38.1 Å². The van der Waals surface area contributed by atoms with Crippen LogP contribution in [0.5, 0.6) is 5.75 Å². The van der Waals surface area contributed by atoms with Gasteiger partial charge in [0.25, 0.3) is 0 Å². The maximum atomic E-state index is 11.9. The van der Waals surface area contributed by atoms with E-state index in [0.717, 1.165) is 49.4 Å². The summed E-state index contributed by atoms with van der Waals surface area (Å²) in [7, 11) is 3.85. The van der Waals surface area contributed by atoms with Gasteiger partial charge in [-0.25, -0.2) is 0 Å². The van der Waals surface area contributed by atoms with Gasteiger partial charge in [-0.05, 0) is 88.1 Å². The Hall–Kier alpha value is -3.36. The average Bonchev–Trinajstić information content (AvgIpc) is 3.00. The van der Waals surface area contributed by atoms with Crippen LogP contribution < -0.4 is 15.4 Å². The summed E-state index contributed by atoms with van der Waals surface area (Å²) < 4.78 is 41.7. The van der Waals surface area contributed by atoms with Crippen molar-refractivity contribution in [3.63, 3.8) is 0 Å². The molecule has 4 aromatic carbocycles. The first-order valence-corrected chi connectivity index (χ1v) is 14.1. The lowest BCUT2D eigenvalue weighted by Crippen LogP contribution is -2.16. The topological polar surface area (TPSA) is 53.5 Å². The summed E-state index contributed by atoms with van der Waals surface area (Å²) in [5.41, 5.74) is 2.78. The second kappa shape index (κ2) is 18.9. The number of halogens is 4. The molecule has 0 bridgehead atoms. The molecule has 0 aliphatic carbocycles. The van der Waals surface area contributed by atoms with Crippen LogP contribution in [0.3, 0.4) is 0 Å². The van der Waals surface area contributed by atoms with Crippen molar-refractivity contribution in [3.8, 4) is 5.75 Å². The third-order valence-electron chi connectivity index (χ3n) is 6.15. The molecule has 8 heteroatoms. The molecule has 0 fully saturated rings. The molecule has 4 rings (SSSR count). The molecule has 2 atom stereocenters. The third-order valence-corrected chi connectivity index (χ3v) is 6.40. The Morgan fingerprint density at radius 3 is 1.71 bits per heavy atom. The molecule has 226 valence electrons. The Bertz CT molecular complexity index is 1240. The highest BCUT2D eigenvalue weighted by molar-refractivity contribution is 6.30. The highest BCUT2D eigenvalue weighted by atomic mass is 35.5. The lowest BCUT2D eigenvalue weighted by atomic mass is 10.1. The largest absolute Gasteiger partial charge is 0.486 e. The molecule has 0 spiro atoms. The fraction of sp³-hybridized carbons (Fsp3) is 0.294. The molecule has 4 nitrogen and oxygen atoms in total. The number of hydrogen-bond donors (Lipinski definition) is 3. The number of aliphatic hydroxyl groups excluding tert-OH is 1. The number of aryl methyl sites for hydroxylation is 1. The number of aliphatic hydroxyl groups is 1. The number of hydrogen-bond acceptors (Lipinski definition) is 4. The van der Waals surface area contributed by atoms with E-state index in [2.05, 4.69) is 54.0 Å². The van der Waals surface area contributed by atoms with E-state index in [9.17, 15) is 18.3 Å². The van der Waals surface area contributed by atoms with Crippen LogP contribution in [0.15, 0.2) is 109 Å². The van der Waals surface area contributed by atoms with Gasteiger partial charge in [-0.1, -0.05) is 90.0 Å². The molecule has 4 aromatic rings. The molecule has 2 unspecified atom stereocenters. The maximum absolute atomic E-state index is 11.9. The Morgan fingerprint density at radius 1 is 0.714 bits per heavy atom. The van der Waals surface area contributed by atoms with Gasteiger partial charge in [-0.3, -0.25) is 0 Å². The summed E-state index contributed by atoms with van der Waals surface area (Å²) in [6, 6.07) is 32.7. The van der Waals surface area contributed by atoms with Crippen molar-refractivity contribution in [1.29, 1.82) is 0 Å². The zero-order valence-electron chi connectivity index (χ0n) is 24.2. The van der Waals surface area contributed by atoms with Gasteiger partial charge in [0, 0.05) is 11.4 Å². The van der Waals surface area contributed by atoms with Gasteiger partial charge in [0.15, 0.2) is 0 Å². The minimum absolute atomic E-state index is 0.0938. The van der Waals surface area contributed by atoms with Crippen LogP contribution in [0.4, 0.5) is 13.2 Å². The van der Waals surface area contributed by atoms with Crippen molar-refractivity contribution in [2.24, 2.45) is 0 Å². The summed E-state index contributed by atoms with van der Waals surface area (Å²) in [6.07, 6.45) is -2.80. The SMILES string of the molecule is CNCCC(O)c1ccccc1.CNCCC(Oc1ccc(C)cc1)c1ccccc1.FC(F)(F)c1ccc(Cl)cc1. The number of ether oxygens (including phenoxy) is 1. The van der Waals surface area contributed by atoms with E-state index in [1.54, 1.807) is 0 Å². The number of alkyl halides is 3. The van der Waals surface area contributed by atoms with Gasteiger partial charge in [0.1, 0.15) is 11.9 Å². The van der Waals surface area contributed by atoms with Crippen molar-refractivity contribution < 1.29 is 23.0 Å². The molecule has 0 saturated carbocycles. The lowest BCUT2D eigenvalue weighted by molar-refractivity contribution is -0.137. The highest BCUT2D eigenvalue weighted by Crippen LogP contribution is 2.29. The molecule has 0 aliphatic heterocycles. The summed E-state index contributed by atoms with van der Waals surface area (Å²) in [5, 5.41) is 16.1. The predicted molar refractivity (Wildman–Crippen MR) is 166 cm³/mol. The lowest BCUT2D eigenvalue weighted by Gasteiger charge is -2.19. The minimum atomic E-state index is -4.27. The van der Waals surface area contributed by atoms with E-state index in [1.807, 2.05) is 62.6 Å². The van der Waals surface area contributed by atoms with E-state index < -0.39 is 11.7 Å². The fourth-order valence-electron chi connectivity index (χ4n) is 3.78. The van der Waals surface area contributed by atoms with Crippen molar-refractivity contribution >= 4 is 11.6 Å². The number of benzene rings is 4. The minimum Gasteiger partial charge on any atom is -0.486 e. The Kier molecular flexibility index (Phi) is 15.7. The van der Waals surface area contributed by atoms with E-state index in [1.165, 1.54) is 23.3 Å². The molecule has 0 aromatic heterocycles. The second-order valence-corrected chi connectivity index (χ2v) is 9.98. The van der Waals surface area contributed by atoms with E-state index in [-0.39, 0.29) is 12.2 Å². The van der Waals surface area contributed by atoms with E-state index >= 15 is 0 Å². The molecular weight excluding hydrogens is 561 g/mol.